The lowest BCUT2D eigenvalue weighted by molar-refractivity contribution is -0.138. The first-order valence-electron chi connectivity index (χ1n) is 6.72. The molecule has 0 aromatic carbocycles. The first-order valence-corrected chi connectivity index (χ1v) is 6.72. The lowest BCUT2D eigenvalue weighted by Gasteiger charge is -2.39. The first kappa shape index (κ1) is 13.0. The summed E-state index contributed by atoms with van der Waals surface area (Å²) >= 11 is 0. The molecule has 4 heteroatoms. The second-order valence-electron chi connectivity index (χ2n) is 6.65. The normalized spacial score (nSPS) is 43.6. The van der Waals surface area contributed by atoms with E-state index in [4.69, 9.17) is 0 Å². The Hall–Kier alpha value is -0.970. The van der Waals surface area contributed by atoms with Crippen LogP contribution < -0.4 is 0 Å². The van der Waals surface area contributed by atoms with Gasteiger partial charge in [0.15, 0.2) is 5.78 Å². The van der Waals surface area contributed by atoms with Gasteiger partial charge in [0.25, 0.3) is 0 Å². The van der Waals surface area contributed by atoms with Gasteiger partial charge in [-0.15, -0.1) is 0 Å². The Kier molecular flexibility index (Phi) is 2.31. The number of aliphatic hydroxyl groups excluding tert-OH is 2. The highest BCUT2D eigenvalue weighted by atomic mass is 16.3. The fourth-order valence-electron chi connectivity index (χ4n) is 3.78. The summed E-state index contributed by atoms with van der Waals surface area (Å²) in [6.45, 7) is 4.97. The molecule has 104 valence electrons. The van der Waals surface area contributed by atoms with Gasteiger partial charge in [0.1, 0.15) is 5.60 Å². The van der Waals surface area contributed by atoms with Gasteiger partial charge in [0, 0.05) is 16.4 Å². The summed E-state index contributed by atoms with van der Waals surface area (Å²) in [4.78, 5) is 12.5. The van der Waals surface area contributed by atoms with E-state index in [1.54, 1.807) is 19.9 Å². The van der Waals surface area contributed by atoms with Crippen LogP contribution in [0.1, 0.15) is 33.6 Å². The second kappa shape index (κ2) is 3.37. The highest BCUT2D eigenvalue weighted by molar-refractivity contribution is 6.09. The van der Waals surface area contributed by atoms with Crippen molar-refractivity contribution in [1.29, 1.82) is 0 Å². The molecule has 3 aliphatic rings. The van der Waals surface area contributed by atoms with Crippen LogP contribution in [0.2, 0.25) is 0 Å². The summed E-state index contributed by atoms with van der Waals surface area (Å²) in [7, 11) is 0. The van der Waals surface area contributed by atoms with Crippen LogP contribution in [0.25, 0.3) is 0 Å². The smallest absolute Gasteiger partial charge is 0.195 e. The Bertz CT molecular complexity index is 536. The number of rotatable bonds is 1. The third kappa shape index (κ3) is 1.27. The number of fused-ring (bicyclic) bond motifs is 1. The molecule has 0 unspecified atom stereocenters. The van der Waals surface area contributed by atoms with Crippen LogP contribution in [-0.4, -0.2) is 39.4 Å². The molecule has 3 atom stereocenters. The molecule has 0 saturated heterocycles. The molecule has 0 bridgehead atoms. The van der Waals surface area contributed by atoms with E-state index in [1.807, 2.05) is 6.92 Å². The zero-order valence-electron chi connectivity index (χ0n) is 11.5. The summed E-state index contributed by atoms with van der Waals surface area (Å²) < 4.78 is 0. The maximum Gasteiger partial charge on any atom is 0.195 e. The van der Waals surface area contributed by atoms with Gasteiger partial charge in [-0.2, -0.15) is 0 Å². The van der Waals surface area contributed by atoms with E-state index in [1.165, 1.54) is 0 Å². The molecular formula is C15H20O4. The third-order valence-corrected chi connectivity index (χ3v) is 5.49. The number of aliphatic hydroxyl groups is 3. The van der Waals surface area contributed by atoms with Gasteiger partial charge in [0.2, 0.25) is 0 Å². The van der Waals surface area contributed by atoms with E-state index in [0.717, 1.165) is 18.4 Å². The third-order valence-electron chi connectivity index (χ3n) is 5.49. The standard InChI is InChI=1S/C15H20O4/c1-8-10-9(6-13(2,7-16)12(10)18)11(17)14(3,19)15(8)4-5-15/h6,12,16,18-19H,4-5,7H2,1-3H3/t12-,13+,14+/m0/s1. The topological polar surface area (TPSA) is 77.8 Å². The van der Waals surface area contributed by atoms with Crippen molar-refractivity contribution in [2.24, 2.45) is 10.8 Å². The molecule has 3 N–H and O–H groups in total. The van der Waals surface area contributed by atoms with Crippen molar-refractivity contribution in [3.05, 3.63) is 22.8 Å². The number of carbonyl (C=O) groups is 1. The van der Waals surface area contributed by atoms with Crippen molar-refractivity contribution in [1.82, 2.24) is 0 Å². The lowest BCUT2D eigenvalue weighted by atomic mass is 9.67. The summed E-state index contributed by atoms with van der Waals surface area (Å²) in [5.74, 6) is -0.318. The highest BCUT2D eigenvalue weighted by Gasteiger charge is 2.66. The Labute approximate surface area is 112 Å². The van der Waals surface area contributed by atoms with Gasteiger partial charge in [-0.05, 0) is 32.3 Å². The summed E-state index contributed by atoms with van der Waals surface area (Å²) in [5, 5.41) is 30.6. The van der Waals surface area contributed by atoms with E-state index in [-0.39, 0.29) is 12.4 Å². The van der Waals surface area contributed by atoms with Crippen molar-refractivity contribution < 1.29 is 20.1 Å². The molecule has 0 aromatic heterocycles. The van der Waals surface area contributed by atoms with Crippen molar-refractivity contribution in [3.63, 3.8) is 0 Å². The monoisotopic (exact) mass is 264 g/mol. The molecule has 0 aromatic rings. The van der Waals surface area contributed by atoms with Crippen LogP contribution >= 0.6 is 0 Å². The van der Waals surface area contributed by atoms with Crippen molar-refractivity contribution in [2.45, 2.75) is 45.3 Å². The predicted molar refractivity (Wildman–Crippen MR) is 69.3 cm³/mol. The van der Waals surface area contributed by atoms with E-state index < -0.39 is 22.5 Å². The zero-order valence-corrected chi connectivity index (χ0v) is 11.5. The summed E-state index contributed by atoms with van der Waals surface area (Å²) in [6, 6.07) is 0. The average Bonchev–Trinajstić information content (AvgIpc) is 3.12. The predicted octanol–water partition coefficient (Wildman–Crippen LogP) is 0.716. The van der Waals surface area contributed by atoms with E-state index in [9.17, 15) is 20.1 Å². The zero-order chi connectivity index (χ0) is 14.2. The van der Waals surface area contributed by atoms with Crippen LogP contribution in [0.5, 0.6) is 0 Å². The molecular weight excluding hydrogens is 244 g/mol. The minimum Gasteiger partial charge on any atom is -0.395 e. The van der Waals surface area contributed by atoms with E-state index in [0.29, 0.717) is 11.1 Å². The quantitative estimate of drug-likeness (QED) is 0.652. The number of ketones is 1. The van der Waals surface area contributed by atoms with Gasteiger partial charge in [-0.3, -0.25) is 4.79 Å². The minimum absolute atomic E-state index is 0.225. The van der Waals surface area contributed by atoms with E-state index >= 15 is 0 Å². The Morgan fingerprint density at radius 2 is 1.95 bits per heavy atom. The van der Waals surface area contributed by atoms with Crippen LogP contribution in [-0.2, 0) is 4.79 Å². The molecule has 1 fully saturated rings. The van der Waals surface area contributed by atoms with Crippen molar-refractivity contribution in [3.8, 4) is 0 Å². The van der Waals surface area contributed by atoms with Gasteiger partial charge < -0.3 is 15.3 Å². The Balaban J connectivity index is 2.25. The van der Waals surface area contributed by atoms with Gasteiger partial charge >= 0.3 is 0 Å². The molecule has 1 spiro atoms. The molecule has 0 amide bonds. The number of Topliss-reactive ketones (excluding diaryl/α,β-unsaturated/α-hetero) is 1. The van der Waals surface area contributed by atoms with Crippen molar-refractivity contribution >= 4 is 5.78 Å². The fourth-order valence-corrected chi connectivity index (χ4v) is 3.78. The van der Waals surface area contributed by atoms with Gasteiger partial charge in [-0.25, -0.2) is 0 Å². The SMILES string of the molecule is CC1=C2C(=C[C@](C)(CO)[C@H]2O)C(=O)[C@@](C)(O)C12CC2. The Morgan fingerprint density at radius 3 is 2.42 bits per heavy atom. The number of hydrogen-bond acceptors (Lipinski definition) is 4. The maximum absolute atomic E-state index is 12.5. The van der Waals surface area contributed by atoms with Crippen LogP contribution in [0.15, 0.2) is 22.8 Å². The van der Waals surface area contributed by atoms with E-state index in [2.05, 4.69) is 0 Å². The van der Waals surface area contributed by atoms with Gasteiger partial charge in [-0.1, -0.05) is 18.6 Å². The van der Waals surface area contributed by atoms with Crippen molar-refractivity contribution in [2.75, 3.05) is 6.61 Å². The molecule has 4 nitrogen and oxygen atoms in total. The minimum atomic E-state index is -1.40. The molecule has 3 aliphatic carbocycles. The lowest BCUT2D eigenvalue weighted by Crippen LogP contribution is -2.50. The first-order chi connectivity index (χ1) is 8.71. The van der Waals surface area contributed by atoms with Crippen LogP contribution in [0.3, 0.4) is 0 Å². The molecule has 19 heavy (non-hydrogen) atoms. The molecule has 3 rings (SSSR count). The Morgan fingerprint density at radius 1 is 1.37 bits per heavy atom. The number of hydrogen-bond donors (Lipinski definition) is 3. The number of carbonyl (C=O) groups excluding carboxylic acids is 1. The second-order valence-corrected chi connectivity index (χ2v) is 6.65. The maximum atomic E-state index is 12.5. The summed E-state index contributed by atoms with van der Waals surface area (Å²) in [5.41, 5.74) is -0.800. The average molecular weight is 264 g/mol. The molecule has 0 radical (unpaired) electrons. The molecule has 1 saturated carbocycles. The summed E-state index contributed by atoms with van der Waals surface area (Å²) in [6.07, 6.45) is 2.31. The van der Waals surface area contributed by atoms with Gasteiger partial charge in [0.05, 0.1) is 12.7 Å². The highest BCUT2D eigenvalue weighted by Crippen LogP contribution is 2.65. The molecule has 0 heterocycles. The van der Waals surface area contributed by atoms with Crippen LogP contribution in [0, 0.1) is 10.8 Å². The van der Waals surface area contributed by atoms with Crippen LogP contribution in [0.4, 0.5) is 0 Å². The largest absolute Gasteiger partial charge is 0.395 e. The fraction of sp³-hybridized carbons (Fsp3) is 0.667. The molecule has 0 aliphatic heterocycles.